The fourth-order valence-electron chi connectivity index (χ4n) is 2.27. The molecule has 1 amide bonds. The van der Waals surface area contributed by atoms with Crippen LogP contribution in [0.1, 0.15) is 16.7 Å². The zero-order valence-corrected chi connectivity index (χ0v) is 16.9. The Bertz CT molecular complexity index is 1080. The highest BCUT2D eigenvalue weighted by Gasteiger charge is 2.09. The van der Waals surface area contributed by atoms with Gasteiger partial charge in [0.05, 0.1) is 11.6 Å². The Kier molecular flexibility index (Phi) is 7.48. The summed E-state index contributed by atoms with van der Waals surface area (Å²) in [4.78, 5) is 12.1. The van der Waals surface area contributed by atoms with Crippen LogP contribution in [0.5, 0.6) is 5.75 Å². The number of aromatic nitrogens is 2. The van der Waals surface area contributed by atoms with Gasteiger partial charge in [-0.2, -0.15) is 14.0 Å². The van der Waals surface area contributed by atoms with Crippen LogP contribution in [0.15, 0.2) is 58.9 Å². The lowest BCUT2D eigenvalue weighted by Crippen LogP contribution is -2.07. The number of nitrogens with one attached hydrogen (secondary N) is 1. The minimum Gasteiger partial charge on any atom is -0.434 e. The number of alkyl halides is 2. The van der Waals surface area contributed by atoms with E-state index in [9.17, 15) is 13.6 Å². The predicted octanol–water partition coefficient (Wildman–Crippen LogP) is 4.96. The molecule has 30 heavy (non-hydrogen) atoms. The number of halogens is 2. The van der Waals surface area contributed by atoms with E-state index in [1.807, 2.05) is 12.1 Å². The van der Waals surface area contributed by atoms with Crippen molar-refractivity contribution in [3.63, 3.8) is 0 Å². The van der Waals surface area contributed by atoms with Crippen LogP contribution in [0.2, 0.25) is 0 Å². The molecule has 0 aliphatic rings. The van der Waals surface area contributed by atoms with Gasteiger partial charge in [-0.1, -0.05) is 53.4 Å². The maximum Gasteiger partial charge on any atom is 0.387 e. The van der Waals surface area contributed by atoms with Crippen molar-refractivity contribution in [3.05, 3.63) is 71.3 Å². The third-order valence-corrected chi connectivity index (χ3v) is 5.67. The van der Waals surface area contributed by atoms with E-state index in [1.165, 1.54) is 41.3 Å². The van der Waals surface area contributed by atoms with E-state index in [-0.39, 0.29) is 5.75 Å². The van der Waals surface area contributed by atoms with Crippen LogP contribution in [0.3, 0.4) is 0 Å². The van der Waals surface area contributed by atoms with Crippen molar-refractivity contribution in [3.8, 4) is 11.8 Å². The van der Waals surface area contributed by atoms with Gasteiger partial charge in [0.1, 0.15) is 5.75 Å². The molecule has 0 saturated heterocycles. The van der Waals surface area contributed by atoms with Gasteiger partial charge in [-0.15, -0.1) is 10.2 Å². The number of ether oxygens (including phenoxy) is 1. The number of amides is 1. The topological polar surface area (TPSA) is 87.9 Å². The first-order valence-corrected chi connectivity index (χ1v) is 10.3. The molecule has 3 rings (SSSR count). The van der Waals surface area contributed by atoms with Gasteiger partial charge in [0.2, 0.25) is 11.0 Å². The van der Waals surface area contributed by atoms with E-state index >= 15 is 0 Å². The molecular weight excluding hydrogens is 430 g/mol. The van der Waals surface area contributed by atoms with Crippen LogP contribution >= 0.6 is 23.1 Å². The lowest BCUT2D eigenvalue weighted by atomic mass is 10.2. The molecule has 2 aromatic carbocycles. The second-order valence-corrected chi connectivity index (χ2v) is 7.91. The molecular formula is C20H14F2N4O2S2. The van der Waals surface area contributed by atoms with E-state index in [0.29, 0.717) is 26.4 Å². The van der Waals surface area contributed by atoms with Crippen molar-refractivity contribution in [1.29, 1.82) is 5.26 Å². The first-order chi connectivity index (χ1) is 14.5. The Labute approximate surface area is 179 Å². The van der Waals surface area contributed by atoms with Crippen molar-refractivity contribution in [2.45, 2.75) is 16.7 Å². The fourth-order valence-corrected chi connectivity index (χ4v) is 3.98. The van der Waals surface area contributed by atoms with Crippen LogP contribution in [-0.4, -0.2) is 22.7 Å². The average molecular weight is 444 g/mol. The monoisotopic (exact) mass is 444 g/mol. The Balaban J connectivity index is 1.54. The molecule has 0 bridgehead atoms. The number of hydrogen-bond acceptors (Lipinski definition) is 7. The van der Waals surface area contributed by atoms with Crippen molar-refractivity contribution in [2.24, 2.45) is 0 Å². The van der Waals surface area contributed by atoms with E-state index in [2.05, 4.69) is 26.3 Å². The standard InChI is InChI=1S/C20H14F2N4O2S2/c21-18(22)28-16-4-2-1-3-15(16)9-10-17(27)24-19-25-26-20(30-19)29-12-14-7-5-13(11-23)6-8-14/h1-10,18H,12H2,(H,24,25,27)/b10-9+. The number of hydrogen-bond donors (Lipinski definition) is 1. The third kappa shape index (κ3) is 6.37. The maximum absolute atomic E-state index is 12.4. The normalized spacial score (nSPS) is 10.9. The SMILES string of the molecule is N#Cc1ccc(CSc2nnc(NC(=O)/C=C/c3ccccc3OC(F)F)s2)cc1. The Morgan fingerprint density at radius 3 is 2.73 bits per heavy atom. The van der Waals surface area contributed by atoms with Crippen LogP contribution in [0, 0.1) is 11.3 Å². The third-order valence-electron chi connectivity index (χ3n) is 3.63. The number of carbonyl (C=O) groups excluding carboxylic acids is 1. The summed E-state index contributed by atoms with van der Waals surface area (Å²) in [5.41, 5.74) is 1.98. The highest BCUT2D eigenvalue weighted by molar-refractivity contribution is 8.00. The number of rotatable bonds is 8. The molecule has 1 N–H and O–H groups in total. The summed E-state index contributed by atoms with van der Waals surface area (Å²) in [6, 6.07) is 15.5. The summed E-state index contributed by atoms with van der Waals surface area (Å²) in [6.45, 7) is -2.95. The number of thioether (sulfide) groups is 1. The smallest absolute Gasteiger partial charge is 0.387 e. The van der Waals surface area contributed by atoms with Gasteiger partial charge in [-0.05, 0) is 29.8 Å². The summed E-state index contributed by atoms with van der Waals surface area (Å²) in [7, 11) is 0. The average Bonchev–Trinajstić information content (AvgIpc) is 3.19. The predicted molar refractivity (Wildman–Crippen MR) is 111 cm³/mol. The van der Waals surface area contributed by atoms with E-state index in [4.69, 9.17) is 5.26 Å². The molecule has 3 aromatic rings. The molecule has 1 heterocycles. The zero-order valence-electron chi connectivity index (χ0n) is 15.3. The first-order valence-electron chi connectivity index (χ1n) is 8.52. The van der Waals surface area contributed by atoms with Crippen molar-refractivity contribution < 1.29 is 18.3 Å². The molecule has 0 atom stereocenters. The van der Waals surface area contributed by atoms with Gasteiger partial charge < -0.3 is 4.74 Å². The summed E-state index contributed by atoms with van der Waals surface area (Å²) in [5.74, 6) is 0.158. The second kappa shape index (κ2) is 10.5. The molecule has 152 valence electrons. The van der Waals surface area contributed by atoms with Crippen LogP contribution in [0.25, 0.3) is 6.08 Å². The lowest BCUT2D eigenvalue weighted by Gasteiger charge is -2.07. The number of benzene rings is 2. The largest absolute Gasteiger partial charge is 0.434 e. The molecule has 10 heteroatoms. The van der Waals surface area contributed by atoms with Crippen molar-refractivity contribution >= 4 is 40.2 Å². The number of carbonyl (C=O) groups is 1. The van der Waals surface area contributed by atoms with E-state index < -0.39 is 12.5 Å². The minimum atomic E-state index is -2.95. The van der Waals surface area contributed by atoms with E-state index in [1.54, 1.807) is 30.3 Å². The minimum absolute atomic E-state index is 0.0195. The number of nitriles is 1. The zero-order chi connectivity index (χ0) is 21.3. The summed E-state index contributed by atoms with van der Waals surface area (Å²) < 4.78 is 30.0. The Morgan fingerprint density at radius 1 is 1.23 bits per heavy atom. The molecule has 0 spiro atoms. The highest BCUT2D eigenvalue weighted by atomic mass is 32.2. The second-order valence-electron chi connectivity index (χ2n) is 5.71. The summed E-state index contributed by atoms with van der Waals surface area (Å²) in [6.07, 6.45) is 2.59. The molecule has 1 aromatic heterocycles. The van der Waals surface area contributed by atoms with Gasteiger partial charge in [-0.25, -0.2) is 0 Å². The highest BCUT2D eigenvalue weighted by Crippen LogP contribution is 2.28. The van der Waals surface area contributed by atoms with Crippen molar-refractivity contribution in [2.75, 3.05) is 5.32 Å². The Hall–Kier alpha value is -3.29. The van der Waals surface area contributed by atoms with Gasteiger partial charge in [0.15, 0.2) is 4.34 Å². The molecule has 0 saturated carbocycles. The fraction of sp³-hybridized carbons (Fsp3) is 0.100. The summed E-state index contributed by atoms with van der Waals surface area (Å²) >= 11 is 2.68. The van der Waals surface area contributed by atoms with Gasteiger partial charge in [0, 0.05) is 17.4 Å². The quantitative estimate of drug-likeness (QED) is 0.300. The number of nitrogens with zero attached hydrogens (tertiary/aromatic N) is 3. The Morgan fingerprint density at radius 2 is 2.00 bits per heavy atom. The van der Waals surface area contributed by atoms with Gasteiger partial charge >= 0.3 is 6.61 Å². The van der Waals surface area contributed by atoms with Gasteiger partial charge in [-0.3, -0.25) is 10.1 Å². The molecule has 0 unspecified atom stereocenters. The van der Waals surface area contributed by atoms with Crippen molar-refractivity contribution in [1.82, 2.24) is 10.2 Å². The first kappa shape index (κ1) is 21.4. The molecule has 0 aliphatic carbocycles. The van der Waals surface area contributed by atoms with E-state index in [0.717, 1.165) is 5.56 Å². The van der Waals surface area contributed by atoms with Crippen LogP contribution in [-0.2, 0) is 10.5 Å². The molecule has 0 fully saturated rings. The number of anilines is 1. The summed E-state index contributed by atoms with van der Waals surface area (Å²) in [5, 5.41) is 19.7. The number of para-hydroxylation sites is 1. The molecule has 0 aliphatic heterocycles. The molecule has 0 radical (unpaired) electrons. The van der Waals surface area contributed by atoms with Gasteiger partial charge in [0.25, 0.3) is 0 Å². The lowest BCUT2D eigenvalue weighted by molar-refractivity contribution is -0.111. The molecule has 6 nitrogen and oxygen atoms in total. The maximum atomic E-state index is 12.4. The van der Waals surface area contributed by atoms with Crippen LogP contribution < -0.4 is 10.1 Å². The van der Waals surface area contributed by atoms with Crippen LogP contribution in [0.4, 0.5) is 13.9 Å².